The lowest BCUT2D eigenvalue weighted by atomic mass is 9.95. The van der Waals surface area contributed by atoms with Gasteiger partial charge in [-0.2, -0.15) is 0 Å². The largest absolute Gasteiger partial charge is 0.455 e. The number of fused-ring (bicyclic) bond motifs is 16. The second-order valence-corrected chi connectivity index (χ2v) is 21.3. The van der Waals surface area contributed by atoms with Crippen molar-refractivity contribution in [1.29, 1.82) is 0 Å². The van der Waals surface area contributed by atoms with Crippen LogP contribution in [-0.2, 0) is 0 Å². The van der Waals surface area contributed by atoms with Gasteiger partial charge in [0.25, 0.3) is 0 Å². The molecule has 0 aliphatic heterocycles. The Balaban J connectivity index is 1.18. The number of para-hydroxylation sites is 4. The normalized spacial score (nSPS) is 12.7. The molecule has 0 fully saturated rings. The Hall–Kier alpha value is -8.18. The summed E-state index contributed by atoms with van der Waals surface area (Å²) in [5, 5.41) is 17.7. The standard InChI is InChI=1S/C60H36N2OSi/c1-4-19-38(20-5-1)64(39-21-6-2-7-22-39,40-23-8-3-9-24-40)41-25-16-18-37(34-41)54-55-46-30-17-29-44-42-26-10-13-31-50(42)61(57(44)46)52(55)36-48-47-35-49-43-27-12-15-33-53(43)63-60(49)56-45-28-11-14-32-51(45)62(58(48)54)59(47)56/h1-36H. The molecular formula is C60H36N2OSi. The predicted molar refractivity (Wildman–Crippen MR) is 272 cm³/mol. The van der Waals surface area contributed by atoms with Crippen molar-refractivity contribution in [3.63, 3.8) is 0 Å². The Kier molecular flexibility index (Phi) is 6.71. The number of benzene rings is 10. The molecule has 0 atom stereocenters. The van der Waals surface area contributed by atoms with Crippen molar-refractivity contribution < 1.29 is 4.42 Å². The van der Waals surface area contributed by atoms with Crippen molar-refractivity contribution in [1.82, 2.24) is 8.80 Å². The minimum absolute atomic E-state index is 0.916. The lowest BCUT2D eigenvalue weighted by Crippen LogP contribution is -2.74. The second-order valence-electron chi connectivity index (χ2n) is 17.5. The van der Waals surface area contributed by atoms with Crippen LogP contribution in [-0.4, -0.2) is 16.9 Å². The summed E-state index contributed by atoms with van der Waals surface area (Å²) in [6.07, 6.45) is 0. The van der Waals surface area contributed by atoms with Gasteiger partial charge in [-0.3, -0.25) is 0 Å². The van der Waals surface area contributed by atoms with E-state index in [1.165, 1.54) is 108 Å². The zero-order chi connectivity index (χ0) is 41.7. The average molecular weight is 829 g/mol. The topological polar surface area (TPSA) is 22.0 Å². The van der Waals surface area contributed by atoms with Gasteiger partial charge in [0.2, 0.25) is 0 Å². The van der Waals surface area contributed by atoms with Crippen LogP contribution in [0.15, 0.2) is 223 Å². The summed E-state index contributed by atoms with van der Waals surface area (Å²) in [6.45, 7) is 0. The van der Waals surface area contributed by atoms with Crippen LogP contribution >= 0.6 is 0 Å². The predicted octanol–water partition coefficient (Wildman–Crippen LogP) is 12.9. The van der Waals surface area contributed by atoms with E-state index in [1.807, 2.05) is 0 Å². The van der Waals surface area contributed by atoms with Gasteiger partial charge in [0.05, 0.1) is 38.5 Å². The lowest BCUT2D eigenvalue weighted by molar-refractivity contribution is 0.673. The van der Waals surface area contributed by atoms with Gasteiger partial charge in [0, 0.05) is 54.0 Å². The minimum atomic E-state index is -2.87. The van der Waals surface area contributed by atoms with Crippen LogP contribution in [0.3, 0.4) is 0 Å². The molecule has 0 radical (unpaired) electrons. The van der Waals surface area contributed by atoms with E-state index in [0.29, 0.717) is 0 Å². The first kappa shape index (κ1) is 34.4. The highest BCUT2D eigenvalue weighted by Crippen LogP contribution is 2.51. The third kappa shape index (κ3) is 4.21. The zero-order valence-electron chi connectivity index (χ0n) is 34.6. The summed E-state index contributed by atoms with van der Waals surface area (Å²) >= 11 is 0. The summed E-state index contributed by atoms with van der Waals surface area (Å²) in [7, 11) is -2.87. The number of nitrogens with zero attached hydrogens (tertiary/aromatic N) is 2. The molecule has 5 heterocycles. The number of furan rings is 1. The molecule has 296 valence electrons. The van der Waals surface area contributed by atoms with Gasteiger partial charge < -0.3 is 13.2 Å². The van der Waals surface area contributed by atoms with Crippen LogP contribution in [0, 0.1) is 0 Å². The fraction of sp³-hybridized carbons (Fsp3) is 0. The summed E-state index contributed by atoms with van der Waals surface area (Å²) < 4.78 is 12.0. The highest BCUT2D eigenvalue weighted by atomic mass is 28.3. The molecule has 0 saturated carbocycles. The first-order valence-corrected chi connectivity index (χ1v) is 24.2. The maximum atomic E-state index is 6.85. The maximum absolute atomic E-state index is 6.85. The molecule has 0 bridgehead atoms. The first-order valence-electron chi connectivity index (χ1n) is 22.2. The lowest BCUT2D eigenvalue weighted by Gasteiger charge is -2.34. The Bertz CT molecular complexity index is 4260. The van der Waals surface area contributed by atoms with Gasteiger partial charge in [0.1, 0.15) is 11.2 Å². The van der Waals surface area contributed by atoms with E-state index >= 15 is 0 Å². The number of aromatic nitrogens is 2. The van der Waals surface area contributed by atoms with Gasteiger partial charge in [-0.05, 0) is 56.6 Å². The van der Waals surface area contributed by atoms with Gasteiger partial charge in [0.15, 0.2) is 8.07 Å². The monoisotopic (exact) mass is 828 g/mol. The summed E-state index contributed by atoms with van der Waals surface area (Å²) in [5.41, 5.74) is 11.7. The van der Waals surface area contributed by atoms with E-state index in [2.05, 4.69) is 227 Å². The third-order valence-corrected chi connectivity index (χ3v) is 19.3. The molecule has 15 rings (SSSR count). The van der Waals surface area contributed by atoms with Crippen molar-refractivity contribution in [3.8, 4) is 11.1 Å². The van der Waals surface area contributed by atoms with Gasteiger partial charge in [-0.15, -0.1) is 0 Å². The number of hydrogen-bond acceptors (Lipinski definition) is 1. The Morgan fingerprint density at radius 1 is 0.312 bits per heavy atom. The minimum Gasteiger partial charge on any atom is -0.455 e. The van der Waals surface area contributed by atoms with E-state index in [1.54, 1.807) is 0 Å². The van der Waals surface area contributed by atoms with Crippen LogP contribution in [0.2, 0.25) is 0 Å². The van der Waals surface area contributed by atoms with Crippen LogP contribution < -0.4 is 20.7 Å². The van der Waals surface area contributed by atoms with Gasteiger partial charge in [-0.25, -0.2) is 0 Å². The number of hydrogen-bond donors (Lipinski definition) is 0. The van der Waals surface area contributed by atoms with Crippen LogP contribution in [0.25, 0.3) is 109 Å². The second kappa shape index (κ2) is 12.5. The average Bonchev–Trinajstić information content (AvgIpc) is 4.16. The van der Waals surface area contributed by atoms with Crippen molar-refractivity contribution >= 4 is 127 Å². The molecule has 0 saturated heterocycles. The molecule has 15 aromatic rings. The Morgan fingerprint density at radius 3 is 1.58 bits per heavy atom. The van der Waals surface area contributed by atoms with Crippen LogP contribution in [0.5, 0.6) is 0 Å². The molecule has 0 aliphatic rings. The zero-order valence-corrected chi connectivity index (χ0v) is 35.6. The molecule has 64 heavy (non-hydrogen) atoms. The van der Waals surface area contributed by atoms with E-state index in [4.69, 9.17) is 4.42 Å². The molecule has 0 N–H and O–H groups in total. The summed E-state index contributed by atoms with van der Waals surface area (Å²) in [6, 6.07) is 81.7. The van der Waals surface area contributed by atoms with Crippen molar-refractivity contribution in [2.75, 3.05) is 0 Å². The van der Waals surface area contributed by atoms with Crippen LogP contribution in [0.4, 0.5) is 0 Å². The molecule has 5 aromatic heterocycles. The SMILES string of the molecule is c1ccc([Si](c2ccccc2)(c2ccccc2)c2cccc(-c3c4c5cccc6c7ccccc7n(c4cc4c7cc8c9ccccc9oc8c8c9ccccc9n(c34)c78)c65)c2)cc1. The van der Waals surface area contributed by atoms with E-state index < -0.39 is 8.07 Å². The van der Waals surface area contributed by atoms with Gasteiger partial charge in [-0.1, -0.05) is 188 Å². The molecule has 3 nitrogen and oxygen atoms in total. The fourth-order valence-electron chi connectivity index (χ4n) is 12.0. The molecule has 10 aromatic carbocycles. The highest BCUT2D eigenvalue weighted by Gasteiger charge is 2.41. The smallest absolute Gasteiger partial charge is 0.179 e. The highest BCUT2D eigenvalue weighted by molar-refractivity contribution is 7.19. The number of rotatable bonds is 5. The van der Waals surface area contributed by atoms with Crippen LogP contribution in [0.1, 0.15) is 0 Å². The van der Waals surface area contributed by atoms with Crippen molar-refractivity contribution in [2.24, 2.45) is 0 Å². The molecule has 0 spiro atoms. The first-order chi connectivity index (χ1) is 31.8. The van der Waals surface area contributed by atoms with Gasteiger partial charge >= 0.3 is 0 Å². The molecular weight excluding hydrogens is 793 g/mol. The van der Waals surface area contributed by atoms with Crippen molar-refractivity contribution in [2.45, 2.75) is 0 Å². The maximum Gasteiger partial charge on any atom is 0.179 e. The third-order valence-electron chi connectivity index (χ3n) is 14.5. The molecule has 4 heteroatoms. The Morgan fingerprint density at radius 2 is 0.859 bits per heavy atom. The fourth-order valence-corrected chi connectivity index (χ4v) is 16.8. The molecule has 0 unspecified atom stereocenters. The summed E-state index contributed by atoms with van der Waals surface area (Å²) in [5.74, 6) is 0. The molecule has 0 amide bonds. The van der Waals surface area contributed by atoms with E-state index in [9.17, 15) is 0 Å². The quantitative estimate of drug-likeness (QED) is 0.125. The molecule has 0 aliphatic carbocycles. The van der Waals surface area contributed by atoms with E-state index in [-0.39, 0.29) is 0 Å². The van der Waals surface area contributed by atoms with E-state index in [0.717, 1.165) is 21.9 Å². The Labute approximate surface area is 367 Å². The van der Waals surface area contributed by atoms with Crippen molar-refractivity contribution in [3.05, 3.63) is 218 Å². The summed E-state index contributed by atoms with van der Waals surface area (Å²) in [4.78, 5) is 0.